The Hall–Kier alpha value is -1.03. The van der Waals surface area contributed by atoms with Gasteiger partial charge in [-0.1, -0.05) is 20.3 Å². The molecule has 110 valence electrons. The highest BCUT2D eigenvalue weighted by Crippen LogP contribution is 2.46. The molecule has 0 unspecified atom stereocenters. The molecule has 0 amide bonds. The molecule has 0 spiro atoms. The highest BCUT2D eigenvalue weighted by molar-refractivity contribution is 6.16. The van der Waals surface area contributed by atoms with E-state index in [0.29, 0.717) is 11.3 Å². The Morgan fingerprint density at radius 3 is 2.55 bits per heavy atom. The highest BCUT2D eigenvalue weighted by atomic mass is 35.5. The molecule has 1 fully saturated rings. The highest BCUT2D eigenvalue weighted by Gasteiger charge is 2.36. The van der Waals surface area contributed by atoms with E-state index in [2.05, 4.69) is 23.5 Å². The summed E-state index contributed by atoms with van der Waals surface area (Å²) in [6.45, 7) is 5.46. The van der Waals surface area contributed by atoms with Gasteiger partial charge in [0.1, 0.15) is 11.3 Å². The van der Waals surface area contributed by atoms with E-state index in [4.69, 9.17) is 16.6 Å². The lowest BCUT2D eigenvalue weighted by atomic mass is 9.67. The number of aryl methyl sites for hydroxylation is 2. The van der Waals surface area contributed by atoms with Crippen molar-refractivity contribution in [1.29, 1.82) is 0 Å². The van der Waals surface area contributed by atoms with Gasteiger partial charge in [-0.3, -0.25) is 4.68 Å². The maximum absolute atomic E-state index is 6.13. The minimum absolute atomic E-state index is 0.449. The molecule has 2 heterocycles. The summed E-state index contributed by atoms with van der Waals surface area (Å²) in [6, 6.07) is 0. The van der Waals surface area contributed by atoms with Crippen LogP contribution in [0.1, 0.15) is 51.0 Å². The molecule has 4 nitrogen and oxygen atoms in total. The van der Waals surface area contributed by atoms with E-state index in [1.54, 1.807) is 0 Å². The van der Waals surface area contributed by atoms with Crippen LogP contribution in [0.5, 0.6) is 0 Å². The van der Waals surface area contributed by atoms with Crippen molar-refractivity contribution in [3.8, 4) is 0 Å². The number of halogens is 1. The number of aromatic nitrogens is 4. The molecule has 0 N–H and O–H groups in total. The molecule has 0 aliphatic heterocycles. The summed E-state index contributed by atoms with van der Waals surface area (Å²) in [5.41, 5.74) is 3.70. The Balaban J connectivity index is 2.10. The summed E-state index contributed by atoms with van der Waals surface area (Å²) >= 11 is 6.13. The van der Waals surface area contributed by atoms with Gasteiger partial charge in [-0.05, 0) is 31.1 Å². The summed E-state index contributed by atoms with van der Waals surface area (Å²) in [4.78, 5) is 4.75. The molecule has 2 aromatic rings. The quantitative estimate of drug-likeness (QED) is 0.789. The van der Waals surface area contributed by atoms with Crippen molar-refractivity contribution in [2.75, 3.05) is 0 Å². The Labute approximate surface area is 125 Å². The minimum atomic E-state index is 0.449. The van der Waals surface area contributed by atoms with Crippen molar-refractivity contribution in [1.82, 2.24) is 19.3 Å². The van der Waals surface area contributed by atoms with Crippen LogP contribution in [-0.4, -0.2) is 19.3 Å². The zero-order valence-corrected chi connectivity index (χ0v) is 13.4. The first-order valence-corrected chi connectivity index (χ1v) is 8.14. The zero-order valence-electron chi connectivity index (χ0n) is 12.6. The van der Waals surface area contributed by atoms with Gasteiger partial charge in [-0.15, -0.1) is 11.6 Å². The number of alkyl halides is 1. The van der Waals surface area contributed by atoms with Crippen LogP contribution >= 0.6 is 11.6 Å². The van der Waals surface area contributed by atoms with Crippen molar-refractivity contribution in [3.63, 3.8) is 0 Å². The van der Waals surface area contributed by atoms with Gasteiger partial charge in [0.15, 0.2) is 5.65 Å². The summed E-state index contributed by atoms with van der Waals surface area (Å²) in [5, 5.41) is 4.59. The molecule has 1 saturated carbocycles. The second-order valence-corrected chi connectivity index (χ2v) is 6.32. The third kappa shape index (κ3) is 1.96. The van der Waals surface area contributed by atoms with Gasteiger partial charge in [-0.25, -0.2) is 4.98 Å². The number of hydrogen-bond acceptors (Lipinski definition) is 2. The van der Waals surface area contributed by atoms with Crippen LogP contribution in [0.3, 0.4) is 0 Å². The maximum atomic E-state index is 6.13. The molecule has 0 saturated heterocycles. The fourth-order valence-corrected chi connectivity index (χ4v) is 3.63. The number of rotatable bonds is 5. The predicted octanol–water partition coefficient (Wildman–Crippen LogP) is 3.65. The van der Waals surface area contributed by atoms with Crippen molar-refractivity contribution >= 4 is 22.8 Å². The smallest absolute Gasteiger partial charge is 0.158 e. The molecule has 1 aliphatic carbocycles. The maximum Gasteiger partial charge on any atom is 0.158 e. The van der Waals surface area contributed by atoms with E-state index in [9.17, 15) is 0 Å². The molecule has 0 radical (unpaired) electrons. The number of hydrogen-bond donors (Lipinski definition) is 0. The van der Waals surface area contributed by atoms with E-state index >= 15 is 0 Å². The lowest BCUT2D eigenvalue weighted by Crippen LogP contribution is -2.34. The van der Waals surface area contributed by atoms with Gasteiger partial charge >= 0.3 is 0 Å². The first-order valence-electron chi connectivity index (χ1n) is 7.61. The fraction of sp³-hybridized carbons (Fsp3) is 0.733. The number of nitrogens with zero attached hydrogens (tertiary/aromatic N) is 4. The van der Waals surface area contributed by atoms with Crippen LogP contribution in [0.25, 0.3) is 11.2 Å². The Morgan fingerprint density at radius 1 is 1.30 bits per heavy atom. The Morgan fingerprint density at radius 2 is 2.05 bits per heavy atom. The Bertz CT molecular complexity index is 616. The number of imidazole rings is 1. The SMILES string of the molecule is CCc1nn(C)c2c1nc(CCl)n2CC1(CC)CCC1. The average molecular weight is 295 g/mol. The van der Waals surface area contributed by atoms with Gasteiger partial charge in [0.05, 0.1) is 11.6 Å². The van der Waals surface area contributed by atoms with E-state index in [0.717, 1.165) is 35.6 Å². The topological polar surface area (TPSA) is 35.6 Å². The first kappa shape index (κ1) is 13.9. The fourth-order valence-electron chi connectivity index (χ4n) is 3.43. The molecular formula is C15H23ClN4. The van der Waals surface area contributed by atoms with Crippen molar-refractivity contribution in [2.24, 2.45) is 12.5 Å². The van der Waals surface area contributed by atoms with Gasteiger partial charge < -0.3 is 4.57 Å². The van der Waals surface area contributed by atoms with Gasteiger partial charge in [-0.2, -0.15) is 5.10 Å². The third-order valence-electron chi connectivity index (χ3n) is 4.98. The van der Waals surface area contributed by atoms with Crippen LogP contribution in [-0.2, 0) is 25.9 Å². The lowest BCUT2D eigenvalue weighted by molar-refractivity contribution is 0.101. The van der Waals surface area contributed by atoms with Crippen molar-refractivity contribution in [2.45, 2.75) is 58.4 Å². The van der Waals surface area contributed by atoms with Crippen LogP contribution in [0, 0.1) is 5.41 Å². The van der Waals surface area contributed by atoms with Crippen LogP contribution < -0.4 is 0 Å². The van der Waals surface area contributed by atoms with Gasteiger partial charge in [0.2, 0.25) is 0 Å². The molecule has 0 aromatic carbocycles. The summed E-state index contributed by atoms with van der Waals surface area (Å²) in [6.07, 6.45) is 6.14. The largest absolute Gasteiger partial charge is 0.311 e. The second-order valence-electron chi connectivity index (χ2n) is 6.05. The molecule has 0 bridgehead atoms. The standard InChI is InChI=1S/C15H23ClN4/c1-4-11-13-14(19(3)18-11)20(12(9-16)17-13)10-15(5-2)7-6-8-15/h4-10H2,1-3H3. The number of fused-ring (bicyclic) bond motifs is 1. The lowest BCUT2D eigenvalue weighted by Gasteiger charge is -2.41. The monoisotopic (exact) mass is 294 g/mol. The van der Waals surface area contributed by atoms with Crippen molar-refractivity contribution in [3.05, 3.63) is 11.5 Å². The third-order valence-corrected chi connectivity index (χ3v) is 5.22. The van der Waals surface area contributed by atoms with E-state index in [1.165, 1.54) is 25.7 Å². The normalized spacial score (nSPS) is 17.6. The molecule has 2 aromatic heterocycles. The molecule has 1 aliphatic rings. The summed E-state index contributed by atoms with van der Waals surface area (Å²) in [7, 11) is 2.01. The summed E-state index contributed by atoms with van der Waals surface area (Å²) in [5.74, 6) is 1.46. The van der Waals surface area contributed by atoms with Gasteiger partial charge in [0, 0.05) is 13.6 Å². The first-order chi connectivity index (χ1) is 9.64. The molecule has 0 atom stereocenters. The summed E-state index contributed by atoms with van der Waals surface area (Å²) < 4.78 is 4.29. The zero-order chi connectivity index (χ0) is 14.3. The second kappa shape index (κ2) is 5.06. The minimum Gasteiger partial charge on any atom is -0.311 e. The van der Waals surface area contributed by atoms with E-state index in [1.807, 2.05) is 11.7 Å². The Kier molecular flexibility index (Phi) is 3.53. The molecule has 20 heavy (non-hydrogen) atoms. The average Bonchev–Trinajstić information content (AvgIpc) is 2.92. The molecule has 5 heteroatoms. The molecular weight excluding hydrogens is 272 g/mol. The van der Waals surface area contributed by atoms with Crippen LogP contribution in [0.15, 0.2) is 0 Å². The van der Waals surface area contributed by atoms with E-state index < -0.39 is 0 Å². The van der Waals surface area contributed by atoms with Crippen LogP contribution in [0.2, 0.25) is 0 Å². The van der Waals surface area contributed by atoms with Crippen LogP contribution in [0.4, 0.5) is 0 Å². The van der Waals surface area contributed by atoms with Gasteiger partial charge in [0.25, 0.3) is 0 Å². The van der Waals surface area contributed by atoms with E-state index in [-0.39, 0.29) is 0 Å². The predicted molar refractivity (Wildman–Crippen MR) is 82.0 cm³/mol. The van der Waals surface area contributed by atoms with Crippen molar-refractivity contribution < 1.29 is 0 Å². The molecule has 3 rings (SSSR count).